The fraction of sp³-hybridized carbons (Fsp3) is 0.571. The molecule has 0 aliphatic carbocycles. The molecule has 0 saturated heterocycles. The molecule has 1 rings (SSSR count). The van der Waals surface area contributed by atoms with Crippen LogP contribution in [0.2, 0.25) is 5.02 Å². The molecule has 1 N–H and O–H groups in total. The number of methoxy groups -OCH3 is 1. The Bertz CT molecular complexity index is 339. The van der Waals surface area contributed by atoms with Gasteiger partial charge in [0.05, 0.1) is 7.11 Å². The lowest BCUT2D eigenvalue weighted by molar-refractivity contribution is 0.414. The Hall–Kier alpha value is -0.730. The summed E-state index contributed by atoms with van der Waals surface area (Å²) in [5, 5.41) is 4.22. The number of benzene rings is 1. The Morgan fingerprint density at radius 3 is 2.65 bits per heavy atom. The van der Waals surface area contributed by atoms with Gasteiger partial charge in [-0.25, -0.2) is 0 Å². The molecule has 3 heteroatoms. The summed E-state index contributed by atoms with van der Waals surface area (Å²) in [6, 6.07) is 6.47. The van der Waals surface area contributed by atoms with Crippen LogP contribution >= 0.6 is 11.6 Å². The van der Waals surface area contributed by atoms with Crippen LogP contribution in [-0.4, -0.2) is 19.7 Å². The monoisotopic (exact) mass is 255 g/mol. The van der Waals surface area contributed by atoms with E-state index in [1.165, 1.54) is 12.0 Å². The third kappa shape index (κ3) is 5.42. The lowest BCUT2D eigenvalue weighted by Gasteiger charge is -2.09. The van der Waals surface area contributed by atoms with Gasteiger partial charge in [-0.3, -0.25) is 0 Å². The van der Waals surface area contributed by atoms with Gasteiger partial charge in [0.25, 0.3) is 0 Å². The molecule has 0 unspecified atom stereocenters. The quantitative estimate of drug-likeness (QED) is 0.751. The van der Waals surface area contributed by atoms with Crippen molar-refractivity contribution in [2.75, 3.05) is 13.7 Å². The normalized spacial score (nSPS) is 10.9. The van der Waals surface area contributed by atoms with E-state index in [9.17, 15) is 0 Å². The second-order valence-electron chi connectivity index (χ2n) is 4.52. The average molecular weight is 256 g/mol. The molecule has 0 saturated carbocycles. The van der Waals surface area contributed by atoms with Crippen LogP contribution in [0, 0.1) is 0 Å². The van der Waals surface area contributed by atoms with Gasteiger partial charge in [-0.2, -0.15) is 0 Å². The number of rotatable bonds is 7. The van der Waals surface area contributed by atoms with Gasteiger partial charge >= 0.3 is 0 Å². The standard InChI is InChI=1S/C14H22ClNO/c1-11(2)16-9-5-4-6-12-7-8-13(17-3)10-14(12)15/h7-8,10-11,16H,4-6,9H2,1-3H3. The third-order valence-electron chi connectivity index (χ3n) is 2.69. The molecule has 0 amide bonds. The van der Waals surface area contributed by atoms with Crippen molar-refractivity contribution >= 4 is 11.6 Å². The first-order valence-corrected chi connectivity index (χ1v) is 6.57. The number of ether oxygens (including phenoxy) is 1. The molecule has 0 atom stereocenters. The van der Waals surface area contributed by atoms with Crippen molar-refractivity contribution in [3.8, 4) is 5.75 Å². The highest BCUT2D eigenvalue weighted by molar-refractivity contribution is 6.31. The summed E-state index contributed by atoms with van der Waals surface area (Å²) in [5.74, 6) is 0.820. The van der Waals surface area contributed by atoms with Crippen molar-refractivity contribution < 1.29 is 4.74 Å². The predicted molar refractivity (Wildman–Crippen MR) is 74.1 cm³/mol. The maximum absolute atomic E-state index is 6.18. The number of aryl methyl sites for hydroxylation is 1. The van der Waals surface area contributed by atoms with Gasteiger partial charge in [-0.1, -0.05) is 31.5 Å². The van der Waals surface area contributed by atoms with Gasteiger partial charge in [0, 0.05) is 11.1 Å². The highest BCUT2D eigenvalue weighted by Crippen LogP contribution is 2.23. The Morgan fingerprint density at radius 2 is 2.06 bits per heavy atom. The maximum atomic E-state index is 6.18. The SMILES string of the molecule is COc1ccc(CCCCNC(C)C)c(Cl)c1. The Morgan fingerprint density at radius 1 is 1.29 bits per heavy atom. The van der Waals surface area contributed by atoms with Crippen molar-refractivity contribution in [1.82, 2.24) is 5.32 Å². The summed E-state index contributed by atoms with van der Waals surface area (Å²) in [4.78, 5) is 0. The van der Waals surface area contributed by atoms with Crippen LogP contribution in [0.5, 0.6) is 5.75 Å². The minimum Gasteiger partial charge on any atom is -0.497 e. The van der Waals surface area contributed by atoms with E-state index in [1.807, 2.05) is 12.1 Å². The van der Waals surface area contributed by atoms with Crippen molar-refractivity contribution in [1.29, 1.82) is 0 Å². The van der Waals surface area contributed by atoms with Crippen LogP contribution in [-0.2, 0) is 6.42 Å². The average Bonchev–Trinajstić information content (AvgIpc) is 2.30. The number of halogens is 1. The first-order chi connectivity index (χ1) is 8.13. The molecule has 96 valence electrons. The summed E-state index contributed by atoms with van der Waals surface area (Å²) < 4.78 is 5.12. The van der Waals surface area contributed by atoms with Crippen molar-refractivity contribution in [3.63, 3.8) is 0 Å². The fourth-order valence-corrected chi connectivity index (χ4v) is 1.95. The summed E-state index contributed by atoms with van der Waals surface area (Å²) >= 11 is 6.18. The van der Waals surface area contributed by atoms with E-state index in [4.69, 9.17) is 16.3 Å². The van der Waals surface area contributed by atoms with Gasteiger partial charge in [-0.05, 0) is 43.5 Å². The van der Waals surface area contributed by atoms with Crippen molar-refractivity contribution in [2.45, 2.75) is 39.2 Å². The van der Waals surface area contributed by atoms with Crippen LogP contribution in [0.15, 0.2) is 18.2 Å². The van der Waals surface area contributed by atoms with Crippen molar-refractivity contribution in [3.05, 3.63) is 28.8 Å². The number of unbranched alkanes of at least 4 members (excludes halogenated alkanes) is 1. The Kier molecular flexibility index (Phi) is 6.38. The first kappa shape index (κ1) is 14.3. The zero-order valence-corrected chi connectivity index (χ0v) is 11.7. The molecule has 1 aromatic rings. The summed E-state index contributed by atoms with van der Waals surface area (Å²) in [7, 11) is 1.66. The third-order valence-corrected chi connectivity index (χ3v) is 3.04. The largest absolute Gasteiger partial charge is 0.497 e. The molecular formula is C14H22ClNO. The van der Waals surface area contributed by atoms with Gasteiger partial charge < -0.3 is 10.1 Å². The maximum Gasteiger partial charge on any atom is 0.120 e. The van der Waals surface area contributed by atoms with E-state index in [0.29, 0.717) is 6.04 Å². The topological polar surface area (TPSA) is 21.3 Å². The van der Waals surface area contributed by atoms with Crippen LogP contribution in [0.4, 0.5) is 0 Å². The zero-order valence-electron chi connectivity index (χ0n) is 10.9. The smallest absolute Gasteiger partial charge is 0.120 e. The molecule has 0 aliphatic rings. The molecule has 0 fully saturated rings. The van der Waals surface area contributed by atoms with Crippen molar-refractivity contribution in [2.24, 2.45) is 0 Å². The minimum absolute atomic E-state index is 0.569. The highest BCUT2D eigenvalue weighted by Gasteiger charge is 2.02. The minimum atomic E-state index is 0.569. The number of nitrogens with one attached hydrogen (secondary N) is 1. The fourth-order valence-electron chi connectivity index (χ4n) is 1.69. The molecule has 17 heavy (non-hydrogen) atoms. The van der Waals surface area contributed by atoms with E-state index in [1.54, 1.807) is 7.11 Å². The van der Waals surface area contributed by atoms with Gasteiger partial charge in [-0.15, -0.1) is 0 Å². The van der Waals surface area contributed by atoms with E-state index in [0.717, 1.165) is 30.2 Å². The van der Waals surface area contributed by atoms with E-state index < -0.39 is 0 Å². The van der Waals surface area contributed by atoms with E-state index in [-0.39, 0.29) is 0 Å². The molecule has 2 nitrogen and oxygen atoms in total. The summed E-state index contributed by atoms with van der Waals surface area (Å²) in [5.41, 5.74) is 1.21. The van der Waals surface area contributed by atoms with Crippen LogP contribution in [0.25, 0.3) is 0 Å². The van der Waals surface area contributed by atoms with E-state index >= 15 is 0 Å². The van der Waals surface area contributed by atoms with Gasteiger partial charge in [0.15, 0.2) is 0 Å². The number of hydrogen-bond donors (Lipinski definition) is 1. The molecule has 0 aromatic heterocycles. The first-order valence-electron chi connectivity index (χ1n) is 6.19. The second-order valence-corrected chi connectivity index (χ2v) is 4.93. The molecule has 0 heterocycles. The van der Waals surface area contributed by atoms with Crippen LogP contribution in [0.3, 0.4) is 0 Å². The van der Waals surface area contributed by atoms with Gasteiger partial charge in [0.2, 0.25) is 0 Å². The van der Waals surface area contributed by atoms with Crippen LogP contribution < -0.4 is 10.1 Å². The highest BCUT2D eigenvalue weighted by atomic mass is 35.5. The molecule has 1 aromatic carbocycles. The molecule has 0 radical (unpaired) electrons. The van der Waals surface area contributed by atoms with E-state index in [2.05, 4.69) is 25.2 Å². The molecule has 0 bridgehead atoms. The van der Waals surface area contributed by atoms with Crippen LogP contribution in [0.1, 0.15) is 32.3 Å². The van der Waals surface area contributed by atoms with Gasteiger partial charge in [0.1, 0.15) is 5.75 Å². The predicted octanol–water partition coefficient (Wildman–Crippen LogP) is 3.67. The Balaban J connectivity index is 2.32. The lowest BCUT2D eigenvalue weighted by atomic mass is 10.1. The lowest BCUT2D eigenvalue weighted by Crippen LogP contribution is -2.23. The molecule has 0 spiro atoms. The summed E-state index contributed by atoms with van der Waals surface area (Å²) in [6.45, 7) is 5.41. The second kappa shape index (κ2) is 7.57. The molecular weight excluding hydrogens is 234 g/mol. The Labute approximate surface area is 109 Å². The molecule has 0 aliphatic heterocycles. The number of hydrogen-bond acceptors (Lipinski definition) is 2. The summed E-state index contributed by atoms with van der Waals surface area (Å²) in [6.07, 6.45) is 3.37. The zero-order chi connectivity index (χ0) is 12.7.